The zero-order valence-corrected chi connectivity index (χ0v) is 12.5. The monoisotopic (exact) mass is 289 g/mol. The molecule has 106 valence electrons. The highest BCUT2D eigenvalue weighted by molar-refractivity contribution is 7.12. The van der Waals surface area contributed by atoms with Crippen LogP contribution in [0.2, 0.25) is 0 Å². The van der Waals surface area contributed by atoms with E-state index >= 15 is 0 Å². The molecule has 0 aliphatic carbocycles. The van der Waals surface area contributed by atoms with Crippen LogP contribution >= 0.6 is 11.3 Å². The minimum atomic E-state index is 0.189. The number of amides is 1. The second kappa shape index (κ2) is 5.79. The zero-order chi connectivity index (χ0) is 13.9. The van der Waals surface area contributed by atoms with Gasteiger partial charge in [-0.1, -0.05) is 0 Å². The number of hydrogen-bond acceptors (Lipinski definition) is 3. The predicted octanol–water partition coefficient (Wildman–Crippen LogP) is 2.95. The van der Waals surface area contributed by atoms with Crippen molar-refractivity contribution in [1.82, 2.24) is 14.7 Å². The Hall–Kier alpha value is -1.62. The first-order valence-corrected chi connectivity index (χ1v) is 7.96. The Balaban J connectivity index is 1.78. The molecule has 0 aromatic carbocycles. The number of likely N-dealkylation sites (tertiary alicyclic amines) is 1. The van der Waals surface area contributed by atoms with Crippen LogP contribution in [0.5, 0.6) is 0 Å². The van der Waals surface area contributed by atoms with Crippen molar-refractivity contribution >= 4 is 17.2 Å². The van der Waals surface area contributed by atoms with Crippen LogP contribution in [0.15, 0.2) is 29.9 Å². The summed E-state index contributed by atoms with van der Waals surface area (Å²) < 4.78 is 1.93. The van der Waals surface area contributed by atoms with Crippen molar-refractivity contribution in [3.05, 3.63) is 40.3 Å². The normalized spacial score (nSPS) is 19.2. The van der Waals surface area contributed by atoms with Gasteiger partial charge in [0.25, 0.3) is 5.91 Å². The van der Waals surface area contributed by atoms with Gasteiger partial charge in [-0.25, -0.2) is 0 Å². The molecule has 2 aromatic rings. The third kappa shape index (κ3) is 2.63. The molecule has 0 unspecified atom stereocenters. The molecular weight excluding hydrogens is 270 g/mol. The van der Waals surface area contributed by atoms with Gasteiger partial charge in [0.05, 0.1) is 17.5 Å². The number of aromatic nitrogens is 2. The number of thiophene rings is 1. The first-order chi connectivity index (χ1) is 9.75. The SMILES string of the molecule is Cc1ccsc1C(=O)N1CCCC[C@H]1Cn1cccn1. The molecule has 4 nitrogen and oxygen atoms in total. The first kappa shape index (κ1) is 13.4. The topological polar surface area (TPSA) is 38.1 Å². The second-order valence-electron chi connectivity index (χ2n) is 5.31. The maximum absolute atomic E-state index is 12.7. The standard InChI is InChI=1S/C15H19N3OS/c1-12-6-10-20-14(12)15(19)18-9-3-2-5-13(18)11-17-8-4-7-16-17/h4,6-8,10,13H,2-3,5,9,11H2,1H3/t13-/m0/s1. The Morgan fingerprint density at radius 1 is 1.50 bits per heavy atom. The van der Waals surface area contributed by atoms with Crippen LogP contribution in [0.3, 0.4) is 0 Å². The summed E-state index contributed by atoms with van der Waals surface area (Å²) in [5, 5.41) is 6.26. The molecule has 1 aliphatic heterocycles. The fraction of sp³-hybridized carbons (Fsp3) is 0.467. The molecule has 1 saturated heterocycles. The maximum Gasteiger partial charge on any atom is 0.264 e. The Morgan fingerprint density at radius 3 is 3.10 bits per heavy atom. The number of carbonyl (C=O) groups is 1. The molecule has 2 aromatic heterocycles. The molecule has 5 heteroatoms. The average Bonchev–Trinajstić information content (AvgIpc) is 3.10. The number of hydrogen-bond donors (Lipinski definition) is 0. The third-order valence-corrected chi connectivity index (χ3v) is 4.91. The van der Waals surface area contributed by atoms with Crippen LogP contribution in [-0.4, -0.2) is 33.2 Å². The smallest absolute Gasteiger partial charge is 0.264 e. The summed E-state index contributed by atoms with van der Waals surface area (Å²) in [5.74, 6) is 0.189. The fourth-order valence-corrected chi connectivity index (χ4v) is 3.68. The first-order valence-electron chi connectivity index (χ1n) is 7.08. The van der Waals surface area contributed by atoms with Gasteiger partial charge in [0, 0.05) is 18.9 Å². The van der Waals surface area contributed by atoms with Gasteiger partial charge in [0.2, 0.25) is 0 Å². The molecule has 0 bridgehead atoms. The van der Waals surface area contributed by atoms with Crippen LogP contribution in [0.4, 0.5) is 0 Å². The summed E-state index contributed by atoms with van der Waals surface area (Å²) in [7, 11) is 0. The van der Waals surface area contributed by atoms with Gasteiger partial charge in [-0.3, -0.25) is 9.48 Å². The average molecular weight is 289 g/mol. The van der Waals surface area contributed by atoms with Crippen LogP contribution in [0.1, 0.15) is 34.5 Å². The van der Waals surface area contributed by atoms with Crippen molar-refractivity contribution in [2.45, 2.75) is 38.8 Å². The molecule has 3 heterocycles. The Kier molecular flexibility index (Phi) is 3.87. The molecule has 0 spiro atoms. The van der Waals surface area contributed by atoms with Gasteiger partial charge in [0.1, 0.15) is 0 Å². The van der Waals surface area contributed by atoms with E-state index in [0.29, 0.717) is 0 Å². The van der Waals surface area contributed by atoms with Gasteiger partial charge < -0.3 is 4.90 Å². The van der Waals surface area contributed by atoms with E-state index in [0.717, 1.165) is 36.4 Å². The Morgan fingerprint density at radius 2 is 2.40 bits per heavy atom. The Labute approximate surface area is 123 Å². The van der Waals surface area contributed by atoms with Crippen molar-refractivity contribution < 1.29 is 4.79 Å². The van der Waals surface area contributed by atoms with Crippen molar-refractivity contribution in [2.75, 3.05) is 6.54 Å². The van der Waals surface area contributed by atoms with Crippen LogP contribution in [-0.2, 0) is 6.54 Å². The van der Waals surface area contributed by atoms with E-state index in [9.17, 15) is 4.79 Å². The van der Waals surface area contributed by atoms with Crippen molar-refractivity contribution in [3.63, 3.8) is 0 Å². The molecule has 1 aliphatic rings. The zero-order valence-electron chi connectivity index (χ0n) is 11.7. The summed E-state index contributed by atoms with van der Waals surface area (Å²) in [5.41, 5.74) is 1.09. The number of piperidine rings is 1. The van der Waals surface area contributed by atoms with E-state index in [-0.39, 0.29) is 11.9 Å². The van der Waals surface area contributed by atoms with Crippen LogP contribution < -0.4 is 0 Å². The lowest BCUT2D eigenvalue weighted by atomic mass is 10.0. The maximum atomic E-state index is 12.7. The lowest BCUT2D eigenvalue weighted by Gasteiger charge is -2.35. The highest BCUT2D eigenvalue weighted by Crippen LogP contribution is 2.24. The summed E-state index contributed by atoms with van der Waals surface area (Å²) in [6.45, 7) is 3.67. The van der Waals surface area contributed by atoms with E-state index < -0.39 is 0 Å². The van der Waals surface area contributed by atoms with E-state index in [1.807, 2.05) is 40.2 Å². The quantitative estimate of drug-likeness (QED) is 0.871. The number of rotatable bonds is 3. The minimum absolute atomic E-state index is 0.189. The largest absolute Gasteiger partial charge is 0.333 e. The highest BCUT2D eigenvalue weighted by atomic mass is 32.1. The number of nitrogens with zero attached hydrogens (tertiary/aromatic N) is 3. The van der Waals surface area contributed by atoms with Gasteiger partial charge in [-0.2, -0.15) is 5.10 Å². The van der Waals surface area contributed by atoms with Crippen molar-refractivity contribution in [1.29, 1.82) is 0 Å². The van der Waals surface area contributed by atoms with Gasteiger partial charge in [-0.15, -0.1) is 11.3 Å². The van der Waals surface area contributed by atoms with Gasteiger partial charge in [0.15, 0.2) is 0 Å². The lowest BCUT2D eigenvalue weighted by molar-refractivity contribution is 0.0588. The molecule has 1 amide bonds. The summed E-state index contributed by atoms with van der Waals surface area (Å²) >= 11 is 1.55. The highest BCUT2D eigenvalue weighted by Gasteiger charge is 2.29. The number of aryl methyl sites for hydroxylation is 1. The lowest BCUT2D eigenvalue weighted by Crippen LogP contribution is -2.45. The molecule has 1 atom stereocenters. The molecule has 0 N–H and O–H groups in total. The minimum Gasteiger partial charge on any atom is -0.333 e. The molecule has 0 saturated carbocycles. The van der Waals surface area contributed by atoms with Crippen LogP contribution in [0, 0.1) is 6.92 Å². The van der Waals surface area contributed by atoms with E-state index in [2.05, 4.69) is 5.10 Å². The third-order valence-electron chi connectivity index (χ3n) is 3.90. The molecule has 0 radical (unpaired) electrons. The molecule has 20 heavy (non-hydrogen) atoms. The van der Waals surface area contributed by atoms with Gasteiger partial charge >= 0.3 is 0 Å². The van der Waals surface area contributed by atoms with Gasteiger partial charge in [-0.05, 0) is 49.3 Å². The molecular formula is C15H19N3OS. The van der Waals surface area contributed by atoms with E-state index in [1.165, 1.54) is 6.42 Å². The van der Waals surface area contributed by atoms with E-state index in [1.54, 1.807) is 17.5 Å². The second-order valence-corrected chi connectivity index (χ2v) is 6.23. The number of carbonyl (C=O) groups excluding carboxylic acids is 1. The summed E-state index contributed by atoms with van der Waals surface area (Å²) in [4.78, 5) is 15.7. The Bertz CT molecular complexity index is 576. The summed E-state index contributed by atoms with van der Waals surface area (Å²) in [6, 6.07) is 4.21. The predicted molar refractivity (Wildman–Crippen MR) is 80.0 cm³/mol. The van der Waals surface area contributed by atoms with Crippen molar-refractivity contribution in [3.8, 4) is 0 Å². The van der Waals surface area contributed by atoms with Crippen molar-refractivity contribution in [2.24, 2.45) is 0 Å². The molecule has 1 fully saturated rings. The fourth-order valence-electron chi connectivity index (χ4n) is 2.80. The van der Waals surface area contributed by atoms with Crippen LogP contribution in [0.25, 0.3) is 0 Å². The summed E-state index contributed by atoms with van der Waals surface area (Å²) in [6.07, 6.45) is 7.12. The molecule has 3 rings (SSSR count). The van der Waals surface area contributed by atoms with E-state index in [4.69, 9.17) is 0 Å².